The van der Waals surface area contributed by atoms with Gasteiger partial charge in [0.15, 0.2) is 0 Å². The third-order valence-corrected chi connectivity index (χ3v) is 6.72. The van der Waals surface area contributed by atoms with Crippen molar-refractivity contribution in [1.82, 2.24) is 5.32 Å². The van der Waals surface area contributed by atoms with E-state index in [4.69, 9.17) is 9.47 Å². The Labute approximate surface area is 179 Å². The quantitative estimate of drug-likeness (QED) is 0.624. The first-order valence-corrected chi connectivity index (χ1v) is 10.8. The third kappa shape index (κ3) is 4.13. The van der Waals surface area contributed by atoms with E-state index in [1.165, 1.54) is 17.4 Å². The molecular weight excluding hydrogens is 403 g/mol. The summed E-state index contributed by atoms with van der Waals surface area (Å²) in [7, 11) is 3.22. The SMILES string of the molecule is COCc1c(C(=O)NC2CCN(c3ccc(OC)cc3)CC2)sc2cccc(F)c12. The Bertz CT molecular complexity index is 1030. The van der Waals surface area contributed by atoms with Crippen LogP contribution in [0, 0.1) is 5.82 Å². The Morgan fingerprint density at radius 2 is 1.90 bits per heavy atom. The number of hydrogen-bond donors (Lipinski definition) is 1. The monoisotopic (exact) mass is 428 g/mol. The van der Waals surface area contributed by atoms with E-state index in [9.17, 15) is 9.18 Å². The van der Waals surface area contributed by atoms with Gasteiger partial charge < -0.3 is 19.7 Å². The number of ether oxygens (including phenoxy) is 2. The predicted octanol–water partition coefficient (Wildman–Crippen LogP) is 4.59. The highest BCUT2D eigenvalue weighted by Gasteiger charge is 2.25. The summed E-state index contributed by atoms with van der Waals surface area (Å²) in [5.74, 6) is 0.376. The Balaban J connectivity index is 1.44. The number of fused-ring (bicyclic) bond motifs is 1. The highest BCUT2D eigenvalue weighted by molar-refractivity contribution is 7.21. The molecule has 1 N–H and O–H groups in total. The maximum Gasteiger partial charge on any atom is 0.261 e. The molecule has 1 amide bonds. The van der Waals surface area contributed by atoms with E-state index in [1.807, 2.05) is 18.2 Å². The van der Waals surface area contributed by atoms with Gasteiger partial charge in [-0.25, -0.2) is 4.39 Å². The Morgan fingerprint density at radius 3 is 2.57 bits per heavy atom. The minimum absolute atomic E-state index is 0.0949. The molecule has 5 nitrogen and oxygen atoms in total. The second kappa shape index (κ2) is 9.02. The predicted molar refractivity (Wildman–Crippen MR) is 118 cm³/mol. The van der Waals surface area contributed by atoms with E-state index in [2.05, 4.69) is 22.3 Å². The summed E-state index contributed by atoms with van der Waals surface area (Å²) in [5, 5.41) is 3.64. The second-order valence-electron chi connectivity index (χ2n) is 7.39. The number of benzene rings is 2. The molecule has 2 aromatic carbocycles. The fourth-order valence-electron chi connectivity index (χ4n) is 3.96. The summed E-state index contributed by atoms with van der Waals surface area (Å²) < 4.78 is 25.6. The topological polar surface area (TPSA) is 50.8 Å². The maximum absolute atomic E-state index is 14.4. The van der Waals surface area contributed by atoms with Crippen LogP contribution in [0.4, 0.5) is 10.1 Å². The summed E-state index contributed by atoms with van der Waals surface area (Å²) in [6.45, 7) is 1.94. The molecule has 4 rings (SSSR count). The average Bonchev–Trinajstić information content (AvgIpc) is 3.15. The van der Waals surface area contributed by atoms with Gasteiger partial charge in [0.1, 0.15) is 11.6 Å². The standard InChI is InChI=1S/C23H25FN2O3S/c1-28-14-18-21-19(24)4-3-5-20(21)30-22(18)23(27)25-15-10-12-26(13-11-15)16-6-8-17(29-2)9-7-16/h3-9,15H,10-14H2,1-2H3,(H,25,27). The van der Waals surface area contributed by atoms with Crippen molar-refractivity contribution in [1.29, 1.82) is 0 Å². The largest absolute Gasteiger partial charge is 0.497 e. The van der Waals surface area contributed by atoms with Crippen LogP contribution >= 0.6 is 11.3 Å². The first-order valence-electron chi connectivity index (χ1n) is 9.99. The molecule has 1 fully saturated rings. The molecule has 0 radical (unpaired) electrons. The van der Waals surface area contributed by atoms with Crippen LogP contribution in [0.25, 0.3) is 10.1 Å². The average molecular weight is 429 g/mol. The minimum Gasteiger partial charge on any atom is -0.497 e. The van der Waals surface area contributed by atoms with E-state index in [1.54, 1.807) is 20.3 Å². The van der Waals surface area contributed by atoms with E-state index in [0.717, 1.165) is 42.1 Å². The van der Waals surface area contributed by atoms with Crippen molar-refractivity contribution in [3.05, 3.63) is 58.7 Å². The van der Waals surface area contributed by atoms with E-state index >= 15 is 0 Å². The number of carbonyl (C=O) groups excluding carboxylic acids is 1. The second-order valence-corrected chi connectivity index (χ2v) is 8.44. The van der Waals surface area contributed by atoms with Gasteiger partial charge in [-0.3, -0.25) is 4.79 Å². The van der Waals surface area contributed by atoms with Gasteiger partial charge in [0.05, 0.1) is 18.6 Å². The number of anilines is 1. The summed E-state index contributed by atoms with van der Waals surface area (Å²) in [6, 6.07) is 13.1. The molecule has 0 spiro atoms. The number of nitrogens with zero attached hydrogens (tertiary/aromatic N) is 1. The zero-order valence-corrected chi connectivity index (χ0v) is 17.9. The lowest BCUT2D eigenvalue weighted by molar-refractivity contribution is 0.0931. The molecule has 1 aliphatic rings. The van der Waals surface area contributed by atoms with Crippen molar-refractivity contribution in [3.63, 3.8) is 0 Å². The fraction of sp³-hybridized carbons (Fsp3) is 0.348. The lowest BCUT2D eigenvalue weighted by atomic mass is 10.0. The van der Waals surface area contributed by atoms with E-state index < -0.39 is 0 Å². The van der Waals surface area contributed by atoms with Crippen molar-refractivity contribution in [2.45, 2.75) is 25.5 Å². The number of nitrogens with one attached hydrogen (secondary N) is 1. The van der Waals surface area contributed by atoms with Crippen LogP contribution in [-0.2, 0) is 11.3 Å². The molecule has 3 aromatic rings. The Hall–Kier alpha value is -2.64. The Kier molecular flexibility index (Phi) is 6.20. The van der Waals surface area contributed by atoms with Gasteiger partial charge in [0, 0.05) is 47.6 Å². The van der Waals surface area contributed by atoms with Gasteiger partial charge in [-0.05, 0) is 49.2 Å². The first-order chi connectivity index (χ1) is 14.6. The van der Waals surface area contributed by atoms with Crippen molar-refractivity contribution in [2.75, 3.05) is 32.2 Å². The highest BCUT2D eigenvalue weighted by Crippen LogP contribution is 2.34. The smallest absolute Gasteiger partial charge is 0.261 e. The molecular formula is C23H25FN2O3S. The number of rotatable bonds is 6. The van der Waals surface area contributed by atoms with Gasteiger partial charge in [-0.1, -0.05) is 6.07 Å². The van der Waals surface area contributed by atoms with Crippen molar-refractivity contribution in [3.8, 4) is 5.75 Å². The molecule has 1 aromatic heterocycles. The molecule has 0 atom stereocenters. The van der Waals surface area contributed by atoms with Crippen LogP contribution < -0.4 is 15.0 Å². The zero-order valence-electron chi connectivity index (χ0n) is 17.1. The fourth-order valence-corrected chi connectivity index (χ4v) is 5.08. The molecule has 30 heavy (non-hydrogen) atoms. The molecule has 0 saturated carbocycles. The van der Waals surface area contributed by atoms with Gasteiger partial charge >= 0.3 is 0 Å². The number of carbonyl (C=O) groups is 1. The number of hydrogen-bond acceptors (Lipinski definition) is 5. The van der Waals surface area contributed by atoms with Crippen molar-refractivity contribution < 1.29 is 18.7 Å². The normalized spacial score (nSPS) is 14.8. The highest BCUT2D eigenvalue weighted by atomic mass is 32.1. The van der Waals surface area contributed by atoms with Crippen LogP contribution in [0.2, 0.25) is 0 Å². The zero-order chi connectivity index (χ0) is 21.1. The van der Waals surface area contributed by atoms with Gasteiger partial charge in [-0.2, -0.15) is 0 Å². The maximum atomic E-state index is 14.4. The summed E-state index contributed by atoms with van der Waals surface area (Å²) in [4.78, 5) is 15.9. The van der Waals surface area contributed by atoms with Gasteiger partial charge in [0.2, 0.25) is 0 Å². The lowest BCUT2D eigenvalue weighted by Crippen LogP contribution is -2.44. The number of thiophene rings is 1. The number of piperidine rings is 1. The minimum atomic E-state index is -0.317. The molecule has 0 bridgehead atoms. The van der Waals surface area contributed by atoms with Gasteiger partial charge in [0.25, 0.3) is 5.91 Å². The molecule has 0 aliphatic carbocycles. The van der Waals surface area contributed by atoms with Crippen molar-refractivity contribution in [2.24, 2.45) is 0 Å². The van der Waals surface area contributed by atoms with Crippen LogP contribution in [-0.4, -0.2) is 39.3 Å². The van der Waals surface area contributed by atoms with Gasteiger partial charge in [-0.15, -0.1) is 11.3 Å². The van der Waals surface area contributed by atoms with E-state index in [-0.39, 0.29) is 24.4 Å². The van der Waals surface area contributed by atoms with Crippen molar-refractivity contribution >= 4 is 33.0 Å². The van der Waals surface area contributed by atoms with Crippen LogP contribution in [0.5, 0.6) is 5.75 Å². The molecule has 158 valence electrons. The summed E-state index contributed by atoms with van der Waals surface area (Å²) in [6.07, 6.45) is 1.72. The number of methoxy groups -OCH3 is 2. The summed E-state index contributed by atoms with van der Waals surface area (Å²) >= 11 is 1.32. The summed E-state index contributed by atoms with van der Waals surface area (Å²) in [5.41, 5.74) is 1.78. The first kappa shape index (κ1) is 20.6. The molecule has 2 heterocycles. The Morgan fingerprint density at radius 1 is 1.17 bits per heavy atom. The molecule has 0 unspecified atom stereocenters. The number of amides is 1. The van der Waals surface area contributed by atoms with E-state index in [0.29, 0.717) is 15.8 Å². The van der Waals surface area contributed by atoms with Crippen LogP contribution in [0.15, 0.2) is 42.5 Å². The number of halogens is 1. The van der Waals surface area contributed by atoms with Crippen LogP contribution in [0.3, 0.4) is 0 Å². The third-order valence-electron chi connectivity index (χ3n) is 5.53. The molecule has 7 heteroatoms. The van der Waals surface area contributed by atoms with Crippen LogP contribution in [0.1, 0.15) is 28.1 Å². The molecule has 1 saturated heterocycles. The molecule has 1 aliphatic heterocycles. The lowest BCUT2D eigenvalue weighted by Gasteiger charge is -2.34.